The van der Waals surface area contributed by atoms with Crippen LogP contribution in [0.25, 0.3) is 0 Å². The van der Waals surface area contributed by atoms with Gasteiger partial charge in [0.1, 0.15) is 0 Å². The molecule has 1 aliphatic rings. The van der Waals surface area contributed by atoms with Crippen molar-refractivity contribution < 1.29 is 0 Å². The van der Waals surface area contributed by atoms with E-state index in [-0.39, 0.29) is 0 Å². The van der Waals surface area contributed by atoms with Crippen molar-refractivity contribution in [2.45, 2.75) is 0 Å². The highest BCUT2D eigenvalue weighted by atomic mass is 32.1. The first-order valence-electron chi connectivity index (χ1n) is 2.24. The second-order valence-corrected chi connectivity index (χ2v) is 2.02. The van der Waals surface area contributed by atoms with Crippen molar-refractivity contribution >= 4 is 17.3 Å². The van der Waals surface area contributed by atoms with Crippen LogP contribution < -0.4 is 11.0 Å². The van der Waals surface area contributed by atoms with E-state index >= 15 is 0 Å². The SMILES string of the molecule is CN1NC(=S)N(C)N1. The van der Waals surface area contributed by atoms with Gasteiger partial charge in [0.2, 0.25) is 0 Å². The van der Waals surface area contributed by atoms with Gasteiger partial charge in [0.05, 0.1) is 0 Å². The van der Waals surface area contributed by atoms with Crippen LogP contribution in [-0.4, -0.2) is 29.3 Å². The van der Waals surface area contributed by atoms with Crippen molar-refractivity contribution in [3.05, 3.63) is 0 Å². The molecule has 0 unspecified atom stereocenters. The summed E-state index contributed by atoms with van der Waals surface area (Å²) in [4.78, 5) is 0. The van der Waals surface area contributed by atoms with E-state index in [1.165, 1.54) is 0 Å². The number of thiocarbonyl (C=S) groups is 1. The summed E-state index contributed by atoms with van der Waals surface area (Å²) >= 11 is 4.83. The Hall–Kier alpha value is -0.390. The van der Waals surface area contributed by atoms with Crippen molar-refractivity contribution in [3.8, 4) is 0 Å². The fraction of sp³-hybridized carbons (Fsp3) is 0.667. The molecule has 0 aromatic heterocycles. The molecule has 0 radical (unpaired) electrons. The smallest absolute Gasteiger partial charge is 0.200 e. The number of rotatable bonds is 0. The second kappa shape index (κ2) is 1.85. The molecule has 4 nitrogen and oxygen atoms in total. The van der Waals surface area contributed by atoms with Gasteiger partial charge in [-0.1, -0.05) is 0 Å². The van der Waals surface area contributed by atoms with Crippen LogP contribution in [-0.2, 0) is 0 Å². The molecular weight excluding hydrogens is 124 g/mol. The summed E-state index contributed by atoms with van der Waals surface area (Å²) in [6.45, 7) is 0. The van der Waals surface area contributed by atoms with E-state index in [1.807, 2.05) is 14.1 Å². The Morgan fingerprint density at radius 1 is 1.50 bits per heavy atom. The lowest BCUT2D eigenvalue weighted by Gasteiger charge is -2.07. The van der Waals surface area contributed by atoms with Crippen molar-refractivity contribution in [2.24, 2.45) is 0 Å². The Kier molecular flexibility index (Phi) is 1.33. The minimum Gasteiger partial charge on any atom is -0.280 e. The van der Waals surface area contributed by atoms with Crippen LogP contribution in [0.3, 0.4) is 0 Å². The molecule has 0 atom stereocenters. The van der Waals surface area contributed by atoms with Crippen LogP contribution in [0.1, 0.15) is 0 Å². The molecular formula is C3H8N4S. The van der Waals surface area contributed by atoms with E-state index in [2.05, 4.69) is 11.0 Å². The molecule has 0 bridgehead atoms. The van der Waals surface area contributed by atoms with E-state index in [9.17, 15) is 0 Å². The van der Waals surface area contributed by atoms with Crippen molar-refractivity contribution in [3.63, 3.8) is 0 Å². The van der Waals surface area contributed by atoms with E-state index < -0.39 is 0 Å². The molecule has 0 saturated carbocycles. The fourth-order valence-electron chi connectivity index (χ4n) is 0.514. The van der Waals surface area contributed by atoms with Crippen molar-refractivity contribution in [1.82, 2.24) is 21.1 Å². The molecule has 2 N–H and O–H groups in total. The molecule has 0 aromatic rings. The number of hydrazine groups is 3. The standard InChI is InChI=1S/C3H8N4S/c1-6-3(8)4-7(2)5-6/h5H,1-2H3,(H,4,8). The number of nitrogens with zero attached hydrogens (tertiary/aromatic N) is 2. The third-order valence-electron chi connectivity index (χ3n) is 0.868. The Morgan fingerprint density at radius 3 is 2.25 bits per heavy atom. The van der Waals surface area contributed by atoms with E-state index in [0.29, 0.717) is 5.11 Å². The van der Waals surface area contributed by atoms with Gasteiger partial charge in [-0.15, -0.1) is 10.7 Å². The maximum Gasteiger partial charge on any atom is 0.200 e. The van der Waals surface area contributed by atoms with Crippen molar-refractivity contribution in [2.75, 3.05) is 14.1 Å². The summed E-state index contributed by atoms with van der Waals surface area (Å²) < 4.78 is 0. The van der Waals surface area contributed by atoms with E-state index in [0.717, 1.165) is 0 Å². The van der Waals surface area contributed by atoms with E-state index in [1.54, 1.807) is 10.1 Å². The molecule has 5 heteroatoms. The average Bonchev–Trinajstić information content (AvgIpc) is 1.85. The third kappa shape index (κ3) is 0.885. The predicted octanol–water partition coefficient (Wildman–Crippen LogP) is -0.927. The molecule has 1 aliphatic heterocycles. The van der Waals surface area contributed by atoms with Gasteiger partial charge in [0.25, 0.3) is 0 Å². The largest absolute Gasteiger partial charge is 0.280 e. The van der Waals surface area contributed by atoms with Gasteiger partial charge >= 0.3 is 0 Å². The summed E-state index contributed by atoms with van der Waals surface area (Å²) in [7, 11) is 3.69. The average molecular weight is 132 g/mol. The summed E-state index contributed by atoms with van der Waals surface area (Å²) in [5.74, 6) is 0. The fourth-order valence-corrected chi connectivity index (χ4v) is 0.692. The first-order valence-corrected chi connectivity index (χ1v) is 2.65. The highest BCUT2D eigenvalue weighted by Gasteiger charge is 2.14. The lowest BCUT2D eigenvalue weighted by atomic mass is 11.0. The predicted molar refractivity (Wildman–Crippen MR) is 34.4 cm³/mol. The molecule has 1 fully saturated rings. The summed E-state index contributed by atoms with van der Waals surface area (Å²) in [5, 5.41) is 4.09. The van der Waals surface area contributed by atoms with Gasteiger partial charge in [-0.05, 0) is 12.2 Å². The molecule has 46 valence electrons. The van der Waals surface area contributed by atoms with Crippen LogP contribution in [0.4, 0.5) is 0 Å². The number of nitrogens with one attached hydrogen (secondary N) is 2. The molecule has 0 spiro atoms. The van der Waals surface area contributed by atoms with Crippen LogP contribution in [0.5, 0.6) is 0 Å². The molecule has 1 saturated heterocycles. The minimum absolute atomic E-state index is 0.688. The minimum atomic E-state index is 0.688. The van der Waals surface area contributed by atoms with Gasteiger partial charge in [-0.2, -0.15) is 0 Å². The maximum absolute atomic E-state index is 4.83. The van der Waals surface area contributed by atoms with Gasteiger partial charge in [0, 0.05) is 14.1 Å². The van der Waals surface area contributed by atoms with Crippen LogP contribution in [0.15, 0.2) is 0 Å². The molecule has 0 aromatic carbocycles. The zero-order valence-electron chi connectivity index (χ0n) is 4.80. The quantitative estimate of drug-likeness (QED) is 0.416. The van der Waals surface area contributed by atoms with E-state index in [4.69, 9.17) is 12.2 Å². The topological polar surface area (TPSA) is 30.5 Å². The summed E-state index contributed by atoms with van der Waals surface area (Å²) in [6.07, 6.45) is 0. The molecule has 1 heterocycles. The first kappa shape index (κ1) is 5.74. The normalized spacial score (nSPS) is 21.8. The molecule has 0 amide bonds. The number of hydrogen-bond acceptors (Lipinski definition) is 3. The lowest BCUT2D eigenvalue weighted by Crippen LogP contribution is -2.36. The van der Waals surface area contributed by atoms with Gasteiger partial charge in [-0.3, -0.25) is 10.4 Å². The van der Waals surface area contributed by atoms with Gasteiger partial charge < -0.3 is 0 Å². The lowest BCUT2D eigenvalue weighted by molar-refractivity contribution is 0.155. The zero-order chi connectivity index (χ0) is 6.15. The Bertz CT molecular complexity index is 114. The summed E-state index contributed by atoms with van der Waals surface area (Å²) in [6, 6.07) is 0. The Balaban J connectivity index is 2.51. The zero-order valence-corrected chi connectivity index (χ0v) is 5.62. The Labute approximate surface area is 53.4 Å². The third-order valence-corrected chi connectivity index (χ3v) is 1.23. The Morgan fingerprint density at radius 2 is 2.12 bits per heavy atom. The monoisotopic (exact) mass is 132 g/mol. The molecule has 1 rings (SSSR count). The molecule has 8 heavy (non-hydrogen) atoms. The maximum atomic E-state index is 4.83. The second-order valence-electron chi connectivity index (χ2n) is 1.63. The highest BCUT2D eigenvalue weighted by molar-refractivity contribution is 7.80. The van der Waals surface area contributed by atoms with Crippen molar-refractivity contribution in [1.29, 1.82) is 0 Å². The van der Waals surface area contributed by atoms with Gasteiger partial charge in [0.15, 0.2) is 5.11 Å². The highest BCUT2D eigenvalue weighted by Crippen LogP contribution is 1.87. The van der Waals surface area contributed by atoms with Crippen LogP contribution in [0, 0.1) is 0 Å². The van der Waals surface area contributed by atoms with Crippen LogP contribution >= 0.6 is 12.2 Å². The first-order chi connectivity index (χ1) is 3.70. The summed E-state index contributed by atoms with van der Waals surface area (Å²) in [5.41, 5.74) is 5.73. The molecule has 0 aliphatic carbocycles. The van der Waals surface area contributed by atoms with Crippen LogP contribution in [0.2, 0.25) is 0 Å². The van der Waals surface area contributed by atoms with Gasteiger partial charge in [-0.25, -0.2) is 0 Å². The number of hydrogen-bond donors (Lipinski definition) is 2.